The van der Waals surface area contributed by atoms with Crippen molar-refractivity contribution in [2.24, 2.45) is 5.92 Å². The highest BCUT2D eigenvalue weighted by molar-refractivity contribution is 5.72. The zero-order chi connectivity index (χ0) is 12.7. The maximum absolute atomic E-state index is 11.3. The molecule has 0 amide bonds. The van der Waals surface area contributed by atoms with E-state index in [-0.39, 0.29) is 18.6 Å². The first-order valence-corrected chi connectivity index (χ1v) is 5.96. The normalized spacial score (nSPS) is 26.5. The first-order valence-electron chi connectivity index (χ1n) is 5.96. The van der Waals surface area contributed by atoms with E-state index in [1.54, 1.807) is 0 Å². The molecule has 5 heteroatoms. The van der Waals surface area contributed by atoms with Crippen molar-refractivity contribution in [3.05, 3.63) is 23.8 Å². The fourth-order valence-electron chi connectivity index (χ4n) is 2.73. The van der Waals surface area contributed by atoms with E-state index >= 15 is 0 Å². The van der Waals surface area contributed by atoms with E-state index in [9.17, 15) is 9.90 Å². The van der Waals surface area contributed by atoms with Gasteiger partial charge < -0.3 is 19.5 Å². The molecule has 2 atom stereocenters. The van der Waals surface area contributed by atoms with E-state index in [1.165, 1.54) is 0 Å². The molecule has 1 fully saturated rings. The van der Waals surface area contributed by atoms with Crippen LogP contribution in [0.5, 0.6) is 11.5 Å². The first kappa shape index (κ1) is 11.3. The molecule has 0 saturated carbocycles. The molecule has 1 aromatic rings. The Labute approximate surface area is 105 Å². The van der Waals surface area contributed by atoms with Crippen LogP contribution < -0.4 is 9.47 Å². The molecule has 1 aromatic carbocycles. The molecule has 0 radical (unpaired) electrons. The molecule has 5 nitrogen and oxygen atoms in total. The number of benzene rings is 1. The quantitative estimate of drug-likeness (QED) is 0.852. The lowest BCUT2D eigenvalue weighted by molar-refractivity contribution is -0.141. The number of hydrogen-bond donors (Lipinski definition) is 1. The number of rotatable bonds is 2. The summed E-state index contributed by atoms with van der Waals surface area (Å²) in [5.41, 5.74) is 1.01. The molecule has 0 aromatic heterocycles. The lowest BCUT2D eigenvalue weighted by atomic mass is 9.89. The first-order chi connectivity index (χ1) is 8.65. The molecule has 2 aliphatic heterocycles. The van der Waals surface area contributed by atoms with Gasteiger partial charge in [-0.25, -0.2) is 0 Å². The lowest BCUT2D eigenvalue weighted by Gasteiger charge is -2.15. The average Bonchev–Trinajstić information content (AvgIpc) is 2.93. The summed E-state index contributed by atoms with van der Waals surface area (Å²) in [5.74, 6) is 0.377. The number of ether oxygens (including phenoxy) is 2. The molecular formula is C13H15NO4. The fourth-order valence-corrected chi connectivity index (χ4v) is 2.73. The number of carbonyl (C=O) groups is 1. The van der Waals surface area contributed by atoms with Crippen LogP contribution in [0, 0.1) is 5.92 Å². The van der Waals surface area contributed by atoms with Crippen molar-refractivity contribution in [2.45, 2.75) is 5.92 Å². The second kappa shape index (κ2) is 4.17. The van der Waals surface area contributed by atoms with Crippen molar-refractivity contribution in [3.63, 3.8) is 0 Å². The molecule has 0 unspecified atom stereocenters. The summed E-state index contributed by atoms with van der Waals surface area (Å²) in [6.07, 6.45) is 0. The maximum atomic E-state index is 11.3. The summed E-state index contributed by atoms with van der Waals surface area (Å²) >= 11 is 0. The molecule has 0 spiro atoms. The van der Waals surface area contributed by atoms with Gasteiger partial charge in [-0.1, -0.05) is 6.07 Å². The number of carboxylic acids is 1. The van der Waals surface area contributed by atoms with E-state index < -0.39 is 5.97 Å². The zero-order valence-electron chi connectivity index (χ0n) is 10.1. The second-order valence-electron chi connectivity index (χ2n) is 4.89. The minimum atomic E-state index is -0.734. The third-order valence-electron chi connectivity index (χ3n) is 3.64. The number of fused-ring (bicyclic) bond motifs is 1. The van der Waals surface area contributed by atoms with Crippen LogP contribution in [-0.2, 0) is 4.79 Å². The van der Waals surface area contributed by atoms with Crippen molar-refractivity contribution in [1.82, 2.24) is 4.90 Å². The molecule has 18 heavy (non-hydrogen) atoms. The molecular weight excluding hydrogens is 234 g/mol. The molecule has 96 valence electrons. The fraction of sp³-hybridized carbons (Fsp3) is 0.462. The lowest BCUT2D eigenvalue weighted by Crippen LogP contribution is -2.21. The number of nitrogens with zero attached hydrogens (tertiary/aromatic N) is 1. The number of likely N-dealkylation sites (tertiary alicyclic amines) is 1. The van der Waals surface area contributed by atoms with Crippen LogP contribution in [0.15, 0.2) is 18.2 Å². The van der Waals surface area contributed by atoms with Gasteiger partial charge in [0.2, 0.25) is 6.79 Å². The van der Waals surface area contributed by atoms with E-state index in [0.717, 1.165) is 17.9 Å². The highest BCUT2D eigenvalue weighted by Crippen LogP contribution is 2.38. The van der Waals surface area contributed by atoms with Gasteiger partial charge in [-0.3, -0.25) is 4.79 Å². The van der Waals surface area contributed by atoms with Gasteiger partial charge in [0, 0.05) is 19.0 Å². The van der Waals surface area contributed by atoms with Gasteiger partial charge in [0.1, 0.15) is 0 Å². The molecule has 0 aliphatic carbocycles. The average molecular weight is 249 g/mol. The maximum Gasteiger partial charge on any atom is 0.308 e. The van der Waals surface area contributed by atoms with E-state index in [1.807, 2.05) is 30.1 Å². The van der Waals surface area contributed by atoms with Crippen LogP contribution in [0.25, 0.3) is 0 Å². The predicted octanol–water partition coefficient (Wildman–Crippen LogP) is 1.15. The second-order valence-corrected chi connectivity index (χ2v) is 4.89. The van der Waals surface area contributed by atoms with Gasteiger partial charge in [0.05, 0.1) is 5.92 Å². The van der Waals surface area contributed by atoms with Crippen molar-refractivity contribution >= 4 is 5.97 Å². The van der Waals surface area contributed by atoms with Gasteiger partial charge in [0.15, 0.2) is 11.5 Å². The SMILES string of the molecule is CN1C[C@H](C(=O)O)[C@@H](c2ccc3c(c2)OCO3)C1. The summed E-state index contributed by atoms with van der Waals surface area (Å²) in [5, 5.41) is 9.27. The molecule has 2 heterocycles. The van der Waals surface area contributed by atoms with Crippen LogP contribution >= 0.6 is 0 Å². The smallest absolute Gasteiger partial charge is 0.308 e. The minimum absolute atomic E-state index is 0.0157. The third kappa shape index (κ3) is 1.80. The van der Waals surface area contributed by atoms with Crippen molar-refractivity contribution in [3.8, 4) is 11.5 Å². The van der Waals surface area contributed by atoms with E-state index in [2.05, 4.69) is 0 Å². The highest BCUT2D eigenvalue weighted by Gasteiger charge is 2.37. The summed E-state index contributed by atoms with van der Waals surface area (Å²) in [6, 6.07) is 5.70. The Hall–Kier alpha value is -1.75. The molecule has 1 N–H and O–H groups in total. The number of aliphatic carboxylic acids is 1. The van der Waals surface area contributed by atoms with Crippen LogP contribution in [0.3, 0.4) is 0 Å². The van der Waals surface area contributed by atoms with E-state index in [0.29, 0.717) is 12.3 Å². The van der Waals surface area contributed by atoms with Gasteiger partial charge in [-0.15, -0.1) is 0 Å². The van der Waals surface area contributed by atoms with Crippen LogP contribution in [0.1, 0.15) is 11.5 Å². The number of carboxylic acid groups (broad SMARTS) is 1. The Kier molecular flexibility index (Phi) is 2.63. The molecule has 0 bridgehead atoms. The number of hydrogen-bond acceptors (Lipinski definition) is 4. The van der Waals surface area contributed by atoms with Crippen LogP contribution in [0.2, 0.25) is 0 Å². The van der Waals surface area contributed by atoms with Gasteiger partial charge in [-0.2, -0.15) is 0 Å². The Balaban J connectivity index is 1.91. The number of likely N-dealkylation sites (N-methyl/N-ethyl adjacent to an activating group) is 1. The van der Waals surface area contributed by atoms with Crippen LogP contribution in [-0.4, -0.2) is 42.9 Å². The summed E-state index contributed by atoms with van der Waals surface area (Å²) < 4.78 is 10.6. The zero-order valence-corrected chi connectivity index (χ0v) is 10.1. The van der Waals surface area contributed by atoms with Gasteiger partial charge in [0.25, 0.3) is 0 Å². The largest absolute Gasteiger partial charge is 0.481 e. The van der Waals surface area contributed by atoms with Crippen LogP contribution in [0.4, 0.5) is 0 Å². The third-order valence-corrected chi connectivity index (χ3v) is 3.64. The topological polar surface area (TPSA) is 59.0 Å². The van der Waals surface area contributed by atoms with Crippen molar-refractivity contribution in [1.29, 1.82) is 0 Å². The van der Waals surface area contributed by atoms with E-state index in [4.69, 9.17) is 9.47 Å². The predicted molar refractivity (Wildman–Crippen MR) is 63.9 cm³/mol. The Morgan fingerprint density at radius 3 is 2.89 bits per heavy atom. The van der Waals surface area contributed by atoms with Gasteiger partial charge in [-0.05, 0) is 24.7 Å². The Bertz CT molecular complexity index is 488. The monoisotopic (exact) mass is 249 g/mol. The summed E-state index contributed by atoms with van der Waals surface area (Å²) in [6.45, 7) is 1.59. The minimum Gasteiger partial charge on any atom is -0.481 e. The standard InChI is InChI=1S/C13H15NO4/c1-14-5-9(10(6-14)13(15)16)8-2-3-11-12(4-8)18-7-17-11/h2-4,9-10H,5-7H2,1H3,(H,15,16)/t9-,10+/m1/s1. The van der Waals surface area contributed by atoms with Crippen molar-refractivity contribution < 1.29 is 19.4 Å². The van der Waals surface area contributed by atoms with Crippen molar-refractivity contribution in [2.75, 3.05) is 26.9 Å². The molecule has 3 rings (SSSR count). The Morgan fingerprint density at radius 2 is 2.11 bits per heavy atom. The highest BCUT2D eigenvalue weighted by atomic mass is 16.7. The Morgan fingerprint density at radius 1 is 1.33 bits per heavy atom. The summed E-state index contributed by atoms with van der Waals surface area (Å²) in [7, 11) is 1.95. The molecule has 2 aliphatic rings. The summed E-state index contributed by atoms with van der Waals surface area (Å²) in [4.78, 5) is 13.3. The van der Waals surface area contributed by atoms with Gasteiger partial charge >= 0.3 is 5.97 Å². The molecule has 1 saturated heterocycles.